The van der Waals surface area contributed by atoms with E-state index in [1.165, 1.54) is 6.26 Å². The molecular formula is C15H10N2O5. The number of carbonyl (C=O) groups is 1. The number of anilines is 1. The molecule has 0 bridgehead atoms. The Labute approximate surface area is 124 Å². The summed E-state index contributed by atoms with van der Waals surface area (Å²) in [6.07, 6.45) is 1.54. The highest BCUT2D eigenvalue weighted by Gasteiger charge is 2.17. The first-order chi connectivity index (χ1) is 10.8. The van der Waals surface area contributed by atoms with Crippen molar-refractivity contribution < 1.29 is 23.2 Å². The maximum absolute atomic E-state index is 12.2. The van der Waals surface area contributed by atoms with Crippen molar-refractivity contribution in [2.75, 3.05) is 12.1 Å². The van der Waals surface area contributed by atoms with Crippen LogP contribution in [-0.4, -0.2) is 17.9 Å². The molecule has 0 saturated heterocycles. The Morgan fingerprint density at radius 2 is 2.05 bits per heavy atom. The molecule has 22 heavy (non-hydrogen) atoms. The fraction of sp³-hybridized carbons (Fsp3) is 0.0667. The summed E-state index contributed by atoms with van der Waals surface area (Å²) in [6, 6.07) is 10.0. The van der Waals surface area contributed by atoms with Gasteiger partial charge in [0.1, 0.15) is 0 Å². The number of ether oxygens (including phenoxy) is 2. The van der Waals surface area contributed by atoms with Crippen LogP contribution < -0.4 is 14.8 Å². The topological polar surface area (TPSA) is 86.7 Å². The Bertz CT molecular complexity index is 822. The molecule has 1 aliphatic rings. The Morgan fingerprint density at radius 1 is 1.14 bits per heavy atom. The van der Waals surface area contributed by atoms with Crippen LogP contribution in [0.4, 0.5) is 5.88 Å². The summed E-state index contributed by atoms with van der Waals surface area (Å²) < 4.78 is 20.7. The molecule has 0 radical (unpaired) electrons. The van der Waals surface area contributed by atoms with Gasteiger partial charge in [-0.05, 0) is 30.3 Å². The van der Waals surface area contributed by atoms with E-state index >= 15 is 0 Å². The van der Waals surface area contributed by atoms with E-state index in [9.17, 15) is 4.79 Å². The minimum Gasteiger partial charge on any atom is -0.463 e. The molecule has 1 N–H and O–H groups in total. The van der Waals surface area contributed by atoms with Crippen molar-refractivity contribution in [1.29, 1.82) is 0 Å². The summed E-state index contributed by atoms with van der Waals surface area (Å²) in [5.41, 5.74) is 0.936. The number of aromatic nitrogens is 1. The molecule has 0 fully saturated rings. The minimum absolute atomic E-state index is 0.162. The molecule has 1 amide bonds. The number of nitrogens with zero attached hydrogens (tertiary/aromatic N) is 1. The lowest BCUT2D eigenvalue weighted by atomic mass is 10.2. The highest BCUT2D eigenvalue weighted by molar-refractivity contribution is 6.04. The summed E-state index contributed by atoms with van der Waals surface area (Å²) in [4.78, 5) is 12.2. The second-order valence-corrected chi connectivity index (χ2v) is 4.58. The molecule has 3 aromatic rings. The molecule has 0 unspecified atom stereocenters. The number of amides is 1. The minimum atomic E-state index is -0.333. The normalized spacial score (nSPS) is 12.4. The van der Waals surface area contributed by atoms with Crippen molar-refractivity contribution in [3.8, 4) is 23.0 Å². The van der Waals surface area contributed by atoms with Gasteiger partial charge in [0.2, 0.25) is 12.7 Å². The van der Waals surface area contributed by atoms with E-state index in [1.54, 1.807) is 36.4 Å². The number of hydrogen-bond donors (Lipinski definition) is 1. The van der Waals surface area contributed by atoms with Gasteiger partial charge in [0.25, 0.3) is 5.91 Å². The van der Waals surface area contributed by atoms with Crippen LogP contribution in [0.5, 0.6) is 11.5 Å². The van der Waals surface area contributed by atoms with Crippen molar-refractivity contribution in [2.45, 2.75) is 0 Å². The van der Waals surface area contributed by atoms with Crippen LogP contribution in [0.15, 0.2) is 51.6 Å². The van der Waals surface area contributed by atoms with Crippen LogP contribution in [-0.2, 0) is 0 Å². The largest absolute Gasteiger partial charge is 0.463 e. The Morgan fingerprint density at radius 3 is 2.91 bits per heavy atom. The van der Waals surface area contributed by atoms with Crippen LogP contribution >= 0.6 is 0 Å². The number of fused-ring (bicyclic) bond motifs is 1. The lowest BCUT2D eigenvalue weighted by Crippen LogP contribution is -2.11. The second kappa shape index (κ2) is 4.96. The number of nitrogens with one attached hydrogen (secondary N) is 1. The van der Waals surface area contributed by atoms with Crippen molar-refractivity contribution in [2.24, 2.45) is 0 Å². The highest BCUT2D eigenvalue weighted by atomic mass is 16.7. The van der Waals surface area contributed by atoms with Crippen molar-refractivity contribution in [3.05, 3.63) is 48.2 Å². The highest BCUT2D eigenvalue weighted by Crippen LogP contribution is 2.32. The lowest BCUT2D eigenvalue weighted by Gasteiger charge is -2.02. The first-order valence-electron chi connectivity index (χ1n) is 6.51. The summed E-state index contributed by atoms with van der Waals surface area (Å²) in [7, 11) is 0. The van der Waals surface area contributed by atoms with Gasteiger partial charge in [-0.3, -0.25) is 10.1 Å². The third-order valence-electron chi connectivity index (χ3n) is 3.16. The molecule has 1 aliphatic heterocycles. The molecule has 110 valence electrons. The molecule has 7 heteroatoms. The zero-order valence-electron chi connectivity index (χ0n) is 11.2. The quantitative estimate of drug-likeness (QED) is 0.800. The molecule has 3 heterocycles. The fourth-order valence-electron chi connectivity index (χ4n) is 2.10. The van der Waals surface area contributed by atoms with Gasteiger partial charge in [-0.25, -0.2) is 0 Å². The number of carbonyl (C=O) groups excluding carboxylic acids is 1. The van der Waals surface area contributed by atoms with E-state index < -0.39 is 0 Å². The Hall–Kier alpha value is -3.22. The van der Waals surface area contributed by atoms with Gasteiger partial charge >= 0.3 is 0 Å². The van der Waals surface area contributed by atoms with Gasteiger partial charge in [-0.2, -0.15) is 0 Å². The van der Waals surface area contributed by atoms with Crippen LogP contribution in [0.2, 0.25) is 0 Å². The van der Waals surface area contributed by atoms with Crippen molar-refractivity contribution in [1.82, 2.24) is 5.16 Å². The molecule has 0 spiro atoms. The maximum Gasteiger partial charge on any atom is 0.258 e. The summed E-state index contributed by atoms with van der Waals surface area (Å²) in [5.74, 6) is 1.62. The number of rotatable bonds is 3. The molecule has 1 aromatic carbocycles. The predicted octanol–water partition coefficient (Wildman–Crippen LogP) is 2.92. The van der Waals surface area contributed by atoms with E-state index in [2.05, 4.69) is 10.5 Å². The van der Waals surface area contributed by atoms with Crippen molar-refractivity contribution in [3.63, 3.8) is 0 Å². The van der Waals surface area contributed by atoms with Crippen LogP contribution in [0.1, 0.15) is 10.4 Å². The zero-order valence-corrected chi connectivity index (χ0v) is 11.2. The first kappa shape index (κ1) is 12.5. The van der Waals surface area contributed by atoms with Gasteiger partial charge < -0.3 is 18.4 Å². The smallest absolute Gasteiger partial charge is 0.258 e. The fourth-order valence-corrected chi connectivity index (χ4v) is 2.10. The zero-order chi connectivity index (χ0) is 14.9. The predicted molar refractivity (Wildman–Crippen MR) is 74.7 cm³/mol. The van der Waals surface area contributed by atoms with Crippen LogP contribution in [0.25, 0.3) is 11.5 Å². The number of furan rings is 1. The number of benzene rings is 1. The molecule has 0 atom stereocenters. The van der Waals surface area contributed by atoms with Gasteiger partial charge in [0.15, 0.2) is 23.0 Å². The van der Waals surface area contributed by atoms with E-state index in [-0.39, 0.29) is 18.6 Å². The summed E-state index contributed by atoms with van der Waals surface area (Å²) >= 11 is 0. The first-order valence-corrected chi connectivity index (χ1v) is 6.51. The maximum atomic E-state index is 12.2. The molecular weight excluding hydrogens is 288 g/mol. The molecule has 0 aliphatic carbocycles. The monoisotopic (exact) mass is 298 g/mol. The molecule has 2 aromatic heterocycles. The van der Waals surface area contributed by atoms with Gasteiger partial charge in [0, 0.05) is 11.6 Å². The lowest BCUT2D eigenvalue weighted by molar-refractivity contribution is 0.102. The van der Waals surface area contributed by atoms with Gasteiger partial charge in [0.05, 0.1) is 6.26 Å². The molecule has 4 rings (SSSR count). The second-order valence-electron chi connectivity index (χ2n) is 4.58. The van der Waals surface area contributed by atoms with E-state index in [4.69, 9.17) is 18.4 Å². The standard InChI is InChI=1S/C15H10N2O5/c18-15(9-3-4-12-13(6-9)21-8-20-12)16-14-7-10(17-22-14)11-2-1-5-19-11/h1-7H,8H2,(H,16,18). The van der Waals surface area contributed by atoms with E-state index in [0.29, 0.717) is 28.5 Å². The average molecular weight is 298 g/mol. The van der Waals surface area contributed by atoms with Gasteiger partial charge in [-0.15, -0.1) is 0 Å². The van der Waals surface area contributed by atoms with E-state index in [0.717, 1.165) is 0 Å². The summed E-state index contributed by atoms with van der Waals surface area (Å²) in [6.45, 7) is 0.162. The average Bonchev–Trinajstić information content (AvgIpc) is 3.27. The number of hydrogen-bond acceptors (Lipinski definition) is 6. The molecule has 0 saturated carbocycles. The third kappa shape index (κ3) is 2.18. The Balaban J connectivity index is 1.52. The Kier molecular flexibility index (Phi) is 2.82. The van der Waals surface area contributed by atoms with E-state index in [1.807, 2.05) is 0 Å². The van der Waals surface area contributed by atoms with Crippen LogP contribution in [0, 0.1) is 0 Å². The van der Waals surface area contributed by atoms with Crippen molar-refractivity contribution >= 4 is 11.8 Å². The third-order valence-corrected chi connectivity index (χ3v) is 3.16. The molecule has 7 nitrogen and oxygen atoms in total. The van der Waals surface area contributed by atoms with Crippen LogP contribution in [0.3, 0.4) is 0 Å². The van der Waals surface area contributed by atoms with Gasteiger partial charge in [-0.1, -0.05) is 5.16 Å². The SMILES string of the molecule is O=C(Nc1cc(-c2ccco2)no1)c1ccc2c(c1)OCO2. The summed E-state index contributed by atoms with van der Waals surface area (Å²) in [5, 5.41) is 6.46.